The van der Waals surface area contributed by atoms with Gasteiger partial charge in [0, 0.05) is 17.8 Å². The number of ether oxygens (including phenoxy) is 3. The van der Waals surface area contributed by atoms with Crippen LogP contribution in [0.1, 0.15) is 0 Å². The molecule has 0 bridgehead atoms. The predicted octanol–water partition coefficient (Wildman–Crippen LogP) is 2.76. The van der Waals surface area contributed by atoms with Crippen molar-refractivity contribution in [2.45, 2.75) is 0 Å². The van der Waals surface area contributed by atoms with Crippen LogP contribution in [0.25, 0.3) is 0 Å². The molecule has 2 aromatic carbocycles. The van der Waals surface area contributed by atoms with Crippen molar-refractivity contribution in [2.24, 2.45) is 0 Å². The molecule has 0 aliphatic carbocycles. The van der Waals surface area contributed by atoms with E-state index in [0.29, 0.717) is 17.2 Å². The van der Waals surface area contributed by atoms with Gasteiger partial charge >= 0.3 is 0 Å². The number of anilines is 2. The van der Waals surface area contributed by atoms with Crippen molar-refractivity contribution in [3.05, 3.63) is 42.5 Å². The highest BCUT2D eigenvalue weighted by molar-refractivity contribution is 5.95. The fraction of sp³-hybridized carbons (Fsp3) is 0.235. The van der Waals surface area contributed by atoms with Gasteiger partial charge in [-0.25, -0.2) is 0 Å². The van der Waals surface area contributed by atoms with E-state index < -0.39 is 0 Å². The van der Waals surface area contributed by atoms with Gasteiger partial charge in [0.15, 0.2) is 0 Å². The van der Waals surface area contributed by atoms with Gasteiger partial charge in [-0.3, -0.25) is 4.79 Å². The number of hydrogen-bond acceptors (Lipinski definition) is 5. The van der Waals surface area contributed by atoms with Crippen molar-refractivity contribution in [1.82, 2.24) is 0 Å². The molecule has 0 aliphatic heterocycles. The number of benzene rings is 2. The second-order valence-electron chi connectivity index (χ2n) is 4.70. The maximum atomic E-state index is 12.1. The van der Waals surface area contributed by atoms with Gasteiger partial charge in [0.1, 0.15) is 17.2 Å². The molecule has 2 rings (SSSR count). The molecular weight excluding hydrogens is 296 g/mol. The Morgan fingerprint density at radius 3 is 2.39 bits per heavy atom. The molecule has 6 nitrogen and oxygen atoms in total. The summed E-state index contributed by atoms with van der Waals surface area (Å²) in [6, 6.07) is 12.6. The van der Waals surface area contributed by atoms with E-state index in [4.69, 9.17) is 14.2 Å². The topological polar surface area (TPSA) is 68.8 Å². The average molecular weight is 316 g/mol. The van der Waals surface area contributed by atoms with E-state index in [1.54, 1.807) is 39.5 Å². The lowest BCUT2D eigenvalue weighted by Crippen LogP contribution is -2.22. The summed E-state index contributed by atoms with van der Waals surface area (Å²) in [5.74, 6) is 1.75. The standard InChI is InChI=1S/C17H20N2O4/c1-21-13-6-4-5-12(9-13)18-11-17(20)19-15-8-7-14(22-2)10-16(15)23-3/h4-10,18H,11H2,1-3H3,(H,19,20). The molecule has 0 spiro atoms. The Labute approximate surface area is 135 Å². The highest BCUT2D eigenvalue weighted by Gasteiger charge is 2.09. The van der Waals surface area contributed by atoms with Crippen LogP contribution in [0.5, 0.6) is 17.2 Å². The van der Waals surface area contributed by atoms with Crippen LogP contribution >= 0.6 is 0 Å². The lowest BCUT2D eigenvalue weighted by molar-refractivity contribution is -0.114. The molecule has 6 heteroatoms. The molecule has 0 aromatic heterocycles. The number of carbonyl (C=O) groups is 1. The normalized spacial score (nSPS) is 9.87. The Hall–Kier alpha value is -2.89. The largest absolute Gasteiger partial charge is 0.497 e. The molecule has 23 heavy (non-hydrogen) atoms. The Bertz CT molecular complexity index is 673. The average Bonchev–Trinajstić information content (AvgIpc) is 2.60. The van der Waals surface area contributed by atoms with Gasteiger partial charge in [0.05, 0.1) is 33.6 Å². The minimum atomic E-state index is -0.184. The van der Waals surface area contributed by atoms with E-state index in [2.05, 4.69) is 10.6 Å². The second-order valence-corrected chi connectivity index (χ2v) is 4.70. The molecule has 2 N–H and O–H groups in total. The van der Waals surface area contributed by atoms with Crippen LogP contribution in [0.3, 0.4) is 0 Å². The van der Waals surface area contributed by atoms with Gasteiger partial charge in [-0.1, -0.05) is 6.07 Å². The van der Waals surface area contributed by atoms with E-state index in [1.807, 2.05) is 24.3 Å². The first kappa shape index (κ1) is 16.5. The lowest BCUT2D eigenvalue weighted by atomic mass is 10.2. The number of nitrogens with one attached hydrogen (secondary N) is 2. The second kappa shape index (κ2) is 7.93. The summed E-state index contributed by atoms with van der Waals surface area (Å²) in [4.78, 5) is 12.1. The van der Waals surface area contributed by atoms with Gasteiger partial charge < -0.3 is 24.8 Å². The SMILES string of the molecule is COc1cccc(NCC(=O)Nc2ccc(OC)cc2OC)c1. The Kier molecular flexibility index (Phi) is 5.68. The number of rotatable bonds is 7. The van der Waals surface area contributed by atoms with Gasteiger partial charge in [-0.2, -0.15) is 0 Å². The smallest absolute Gasteiger partial charge is 0.243 e. The molecule has 1 amide bonds. The molecule has 0 saturated carbocycles. The Morgan fingerprint density at radius 2 is 1.70 bits per heavy atom. The Balaban J connectivity index is 1.96. The van der Waals surface area contributed by atoms with Gasteiger partial charge in [-0.15, -0.1) is 0 Å². The van der Waals surface area contributed by atoms with E-state index in [9.17, 15) is 4.79 Å². The van der Waals surface area contributed by atoms with Crippen LogP contribution in [0.15, 0.2) is 42.5 Å². The van der Waals surface area contributed by atoms with Crippen LogP contribution in [0.2, 0.25) is 0 Å². The zero-order chi connectivity index (χ0) is 16.7. The summed E-state index contributed by atoms with van der Waals surface area (Å²) in [7, 11) is 4.71. The Morgan fingerprint density at radius 1 is 0.957 bits per heavy atom. The molecule has 0 fully saturated rings. The monoisotopic (exact) mass is 316 g/mol. The molecule has 0 unspecified atom stereocenters. The first-order valence-electron chi connectivity index (χ1n) is 7.06. The van der Waals surface area contributed by atoms with Crippen LogP contribution < -0.4 is 24.8 Å². The molecule has 0 heterocycles. The molecule has 0 radical (unpaired) electrons. The van der Waals surface area contributed by atoms with Gasteiger partial charge in [0.25, 0.3) is 0 Å². The van der Waals surface area contributed by atoms with E-state index in [-0.39, 0.29) is 12.5 Å². The molecule has 0 saturated heterocycles. The van der Waals surface area contributed by atoms with E-state index >= 15 is 0 Å². The fourth-order valence-corrected chi connectivity index (χ4v) is 2.01. The number of hydrogen-bond donors (Lipinski definition) is 2. The highest BCUT2D eigenvalue weighted by atomic mass is 16.5. The van der Waals surface area contributed by atoms with Crippen molar-refractivity contribution in [1.29, 1.82) is 0 Å². The minimum Gasteiger partial charge on any atom is -0.497 e. The summed E-state index contributed by atoms with van der Waals surface area (Å²) in [5, 5.41) is 5.84. The third kappa shape index (κ3) is 4.54. The molecular formula is C17H20N2O4. The third-order valence-electron chi connectivity index (χ3n) is 3.21. The van der Waals surface area contributed by atoms with Crippen LogP contribution in [0, 0.1) is 0 Å². The highest BCUT2D eigenvalue weighted by Crippen LogP contribution is 2.28. The zero-order valence-corrected chi connectivity index (χ0v) is 13.4. The third-order valence-corrected chi connectivity index (χ3v) is 3.21. The summed E-state index contributed by atoms with van der Waals surface area (Å²) >= 11 is 0. The molecule has 122 valence electrons. The summed E-state index contributed by atoms with van der Waals surface area (Å²) < 4.78 is 15.5. The number of amides is 1. The van der Waals surface area contributed by atoms with Crippen molar-refractivity contribution < 1.29 is 19.0 Å². The fourth-order valence-electron chi connectivity index (χ4n) is 2.01. The van der Waals surface area contributed by atoms with Crippen molar-refractivity contribution in [3.8, 4) is 17.2 Å². The quantitative estimate of drug-likeness (QED) is 0.822. The molecule has 0 aliphatic rings. The van der Waals surface area contributed by atoms with E-state index in [0.717, 1.165) is 11.4 Å². The molecule has 2 aromatic rings. The number of methoxy groups -OCH3 is 3. The van der Waals surface area contributed by atoms with Crippen LogP contribution in [-0.2, 0) is 4.79 Å². The van der Waals surface area contributed by atoms with Crippen molar-refractivity contribution >= 4 is 17.3 Å². The van der Waals surface area contributed by atoms with Gasteiger partial charge in [0.2, 0.25) is 5.91 Å². The first-order chi connectivity index (χ1) is 11.2. The molecule has 0 atom stereocenters. The minimum absolute atomic E-state index is 0.127. The van der Waals surface area contributed by atoms with Crippen LogP contribution in [-0.4, -0.2) is 33.8 Å². The van der Waals surface area contributed by atoms with Crippen LogP contribution in [0.4, 0.5) is 11.4 Å². The summed E-state index contributed by atoms with van der Waals surface area (Å²) in [5.41, 5.74) is 1.40. The number of carbonyl (C=O) groups excluding carboxylic acids is 1. The zero-order valence-electron chi connectivity index (χ0n) is 13.4. The summed E-state index contributed by atoms with van der Waals surface area (Å²) in [6.45, 7) is 0.127. The summed E-state index contributed by atoms with van der Waals surface area (Å²) in [6.07, 6.45) is 0. The maximum absolute atomic E-state index is 12.1. The van der Waals surface area contributed by atoms with Gasteiger partial charge in [-0.05, 0) is 24.3 Å². The van der Waals surface area contributed by atoms with E-state index in [1.165, 1.54) is 0 Å². The maximum Gasteiger partial charge on any atom is 0.243 e. The predicted molar refractivity (Wildman–Crippen MR) is 89.7 cm³/mol. The van der Waals surface area contributed by atoms with Crippen molar-refractivity contribution in [3.63, 3.8) is 0 Å². The van der Waals surface area contributed by atoms with Crippen molar-refractivity contribution in [2.75, 3.05) is 38.5 Å². The lowest BCUT2D eigenvalue weighted by Gasteiger charge is -2.12. The first-order valence-corrected chi connectivity index (χ1v) is 7.06.